The van der Waals surface area contributed by atoms with E-state index >= 15 is 0 Å². The fourth-order valence-corrected chi connectivity index (χ4v) is 11.0. The van der Waals surface area contributed by atoms with Crippen molar-refractivity contribution >= 4 is 81.0 Å². The summed E-state index contributed by atoms with van der Waals surface area (Å²) in [5.41, 5.74) is 0.829. The van der Waals surface area contributed by atoms with Crippen LogP contribution in [0.5, 0.6) is 0 Å². The molecule has 0 N–H and O–H groups in total. The third-order valence-corrected chi connectivity index (χ3v) is 14.2. The third kappa shape index (κ3) is 13.4. The first-order chi connectivity index (χ1) is 27.0. The number of amides is 2. The number of benzene rings is 7. The van der Waals surface area contributed by atoms with Crippen LogP contribution in [0.4, 0.5) is 0 Å². The van der Waals surface area contributed by atoms with Crippen molar-refractivity contribution in [1.29, 1.82) is 0 Å². The maximum absolute atomic E-state index is 10.9. The predicted octanol–water partition coefficient (Wildman–Crippen LogP) is 8.85. The van der Waals surface area contributed by atoms with E-state index in [0.717, 1.165) is 6.42 Å². The zero-order valence-electron chi connectivity index (χ0n) is 30.7. The van der Waals surface area contributed by atoms with Crippen LogP contribution in [0.1, 0.15) is 34.1 Å². The van der Waals surface area contributed by atoms with Gasteiger partial charge in [-0.25, -0.2) is 0 Å². The zero-order valence-corrected chi connectivity index (χ0v) is 36.4. The molecule has 1 aliphatic rings. The van der Waals surface area contributed by atoms with Crippen molar-refractivity contribution < 1.29 is 34.9 Å². The molecule has 7 aromatic carbocycles. The van der Waals surface area contributed by atoms with E-state index in [0.29, 0.717) is 16.9 Å². The Morgan fingerprint density at radius 2 is 0.643 bits per heavy atom. The largest absolute Gasteiger partial charge is 2.00 e. The molecule has 0 fully saturated rings. The van der Waals surface area contributed by atoms with Gasteiger partial charge in [0, 0.05) is 11.1 Å². The minimum Gasteiger partial charge on any atom is -0.683 e. The number of nitrogens with zero attached hydrogens (tertiary/aromatic N) is 1. The molecule has 56 heavy (non-hydrogen) atoms. The van der Waals surface area contributed by atoms with E-state index in [9.17, 15) is 13.8 Å². The summed E-state index contributed by atoms with van der Waals surface area (Å²) in [4.78, 5) is 21.8. The maximum Gasteiger partial charge on any atom is 2.00 e. The third-order valence-electron chi connectivity index (χ3n) is 8.05. The van der Waals surface area contributed by atoms with E-state index in [4.69, 9.17) is 0 Å². The molecule has 0 aromatic heterocycles. The summed E-state index contributed by atoms with van der Waals surface area (Å²) >= 11 is 4.35. The molecular formula is C47H41NO3P2PtS2. The SMILES string of the molecule is CCCS(=O)[S-].O=C1[N-]C(=O)c2ccccc21.[Pt+2].c1ccc(P(c2ccccc2)c2ccccc2)cc1.c1ccc(P(c2ccccc2)c2ccccc2)cc1. The van der Waals surface area contributed by atoms with Crippen molar-refractivity contribution in [3.05, 3.63) is 223 Å². The molecule has 9 heteroatoms. The van der Waals surface area contributed by atoms with Crippen molar-refractivity contribution in [2.45, 2.75) is 13.3 Å². The number of rotatable bonds is 8. The van der Waals surface area contributed by atoms with Crippen molar-refractivity contribution in [3.8, 4) is 0 Å². The molecule has 7 aromatic rings. The quantitative estimate of drug-likeness (QED) is 0.0662. The summed E-state index contributed by atoms with van der Waals surface area (Å²) in [6.45, 7) is 1.96. The molecule has 0 aliphatic carbocycles. The van der Waals surface area contributed by atoms with Gasteiger partial charge in [0.2, 0.25) is 0 Å². The van der Waals surface area contributed by atoms with Gasteiger partial charge in [0.05, 0.1) is 11.8 Å². The van der Waals surface area contributed by atoms with Gasteiger partial charge in [-0.05, 0) is 59.8 Å². The number of carbonyl (C=O) groups is 2. The second-order valence-corrected chi connectivity index (χ2v) is 18.5. The number of hydrogen-bond donors (Lipinski definition) is 0. The first-order valence-corrected chi connectivity index (χ1v) is 22.7. The predicted molar refractivity (Wildman–Crippen MR) is 239 cm³/mol. The number of carbonyl (C=O) groups excluding carboxylic acids is 2. The van der Waals surface area contributed by atoms with Crippen molar-refractivity contribution in [1.82, 2.24) is 0 Å². The number of imide groups is 1. The van der Waals surface area contributed by atoms with Gasteiger partial charge in [-0.15, -0.1) is 9.83 Å². The normalized spacial score (nSPS) is 11.6. The fourth-order valence-electron chi connectivity index (χ4n) is 5.59. The Hall–Kier alpha value is -4.27. The van der Waals surface area contributed by atoms with E-state index in [1.807, 2.05) is 6.92 Å². The molecular weight excluding hydrogens is 948 g/mol. The molecule has 1 unspecified atom stereocenters. The van der Waals surface area contributed by atoms with E-state index in [1.54, 1.807) is 24.3 Å². The standard InChI is InChI=1S/2C18H15P.C8H5NO2.C3H8OS2.Pt/c2*1-4-10-16(11-5-1)19(17-12-6-2-7-13-17)18-14-8-3-9-15-18;10-7-5-3-1-2-4-6(5)8(11)9-7;1-2-3-6(4)5;/h2*1-15H;1-4H,(H,9,10,11);2-3H2,1H3,(H,4,5);/q;;;;+2/p-2. The van der Waals surface area contributed by atoms with Crippen LogP contribution in [0.15, 0.2) is 206 Å². The van der Waals surface area contributed by atoms with E-state index < -0.39 is 37.5 Å². The molecule has 1 atom stereocenters. The molecule has 0 bridgehead atoms. The molecule has 284 valence electrons. The van der Waals surface area contributed by atoms with Gasteiger partial charge in [-0.3, -0.25) is 4.21 Å². The molecule has 0 saturated carbocycles. The van der Waals surface area contributed by atoms with Crippen LogP contribution in [-0.2, 0) is 42.6 Å². The summed E-state index contributed by atoms with van der Waals surface area (Å²) in [6.07, 6.45) is 0.927. The van der Waals surface area contributed by atoms with Gasteiger partial charge in [0.1, 0.15) is 0 Å². The molecule has 8 rings (SSSR count). The molecule has 1 aliphatic heterocycles. The molecule has 0 radical (unpaired) electrons. The first-order valence-electron chi connectivity index (χ1n) is 17.8. The summed E-state index contributed by atoms with van der Waals surface area (Å²) in [6, 6.07) is 71.3. The molecule has 0 spiro atoms. The van der Waals surface area contributed by atoms with Crippen LogP contribution < -0.4 is 31.8 Å². The number of fused-ring (bicyclic) bond motifs is 1. The molecule has 0 saturated heterocycles. The van der Waals surface area contributed by atoms with Gasteiger partial charge in [0.15, 0.2) is 0 Å². The Balaban J connectivity index is 0.000000177. The Morgan fingerprint density at radius 1 is 0.429 bits per heavy atom. The van der Waals surface area contributed by atoms with Crippen LogP contribution in [0.25, 0.3) is 5.32 Å². The Labute approximate surface area is 355 Å². The van der Waals surface area contributed by atoms with Crippen LogP contribution in [-0.4, -0.2) is 21.8 Å². The van der Waals surface area contributed by atoms with Crippen molar-refractivity contribution in [2.24, 2.45) is 0 Å². The van der Waals surface area contributed by atoms with E-state index in [1.165, 1.54) is 31.8 Å². The minimum atomic E-state index is -0.982. The second-order valence-electron chi connectivity index (χ2n) is 12.0. The van der Waals surface area contributed by atoms with Crippen LogP contribution in [0.3, 0.4) is 0 Å². The first kappa shape index (κ1) is 44.4. The summed E-state index contributed by atoms with van der Waals surface area (Å²) in [5.74, 6) is -0.189. The average Bonchev–Trinajstić information content (AvgIpc) is 3.53. The van der Waals surface area contributed by atoms with Crippen LogP contribution >= 0.6 is 15.8 Å². The van der Waals surface area contributed by atoms with Gasteiger partial charge in [-0.2, -0.15) is 0 Å². The van der Waals surface area contributed by atoms with E-state index in [2.05, 4.69) is 199 Å². The molecule has 1 heterocycles. The summed E-state index contributed by atoms with van der Waals surface area (Å²) in [7, 11) is -1.87. The molecule has 2 amide bonds. The van der Waals surface area contributed by atoms with Gasteiger partial charge >= 0.3 is 21.1 Å². The fraction of sp³-hybridized carbons (Fsp3) is 0.0638. The Kier molecular flexibility index (Phi) is 19.4. The van der Waals surface area contributed by atoms with Crippen LogP contribution in [0, 0.1) is 0 Å². The monoisotopic (exact) mass is 988 g/mol. The smallest absolute Gasteiger partial charge is 0.683 e. The van der Waals surface area contributed by atoms with Crippen LogP contribution in [0.2, 0.25) is 0 Å². The van der Waals surface area contributed by atoms with Crippen molar-refractivity contribution in [3.63, 3.8) is 0 Å². The summed E-state index contributed by atoms with van der Waals surface area (Å²) in [5, 5.41) is 11.7. The van der Waals surface area contributed by atoms with Gasteiger partial charge in [0.25, 0.3) is 0 Å². The maximum atomic E-state index is 10.9. The minimum absolute atomic E-state index is 0. The average molecular weight is 989 g/mol. The molecule has 4 nitrogen and oxygen atoms in total. The van der Waals surface area contributed by atoms with Gasteiger partial charge in [-0.1, -0.05) is 213 Å². The van der Waals surface area contributed by atoms with E-state index in [-0.39, 0.29) is 21.1 Å². The second kappa shape index (κ2) is 24.4. The Morgan fingerprint density at radius 3 is 0.821 bits per heavy atom. The topological polar surface area (TPSA) is 65.3 Å². The zero-order chi connectivity index (χ0) is 38.7. The Bertz CT molecular complexity index is 1880. The number of hydrogen-bond acceptors (Lipinski definition) is 4. The summed E-state index contributed by atoms with van der Waals surface area (Å²) < 4.78 is 9.97. The van der Waals surface area contributed by atoms with Crippen molar-refractivity contribution in [2.75, 3.05) is 5.75 Å². The van der Waals surface area contributed by atoms with Gasteiger partial charge < -0.3 is 26.6 Å².